The predicted octanol–water partition coefficient (Wildman–Crippen LogP) is 5.01. The molecule has 164 valence electrons. The van der Waals surface area contributed by atoms with Gasteiger partial charge in [0.1, 0.15) is 6.04 Å². The summed E-state index contributed by atoms with van der Waals surface area (Å²) in [5.41, 5.74) is 5.25. The summed E-state index contributed by atoms with van der Waals surface area (Å²) < 4.78 is 3.38. The van der Waals surface area contributed by atoms with Gasteiger partial charge in [-0.3, -0.25) is 9.59 Å². The Kier molecular flexibility index (Phi) is 5.70. The van der Waals surface area contributed by atoms with Crippen LogP contribution in [0.15, 0.2) is 59.5 Å². The fourth-order valence-corrected chi connectivity index (χ4v) is 4.33. The molecule has 2 aromatic carbocycles. The van der Waals surface area contributed by atoms with Crippen molar-refractivity contribution in [2.75, 3.05) is 5.32 Å². The van der Waals surface area contributed by atoms with Gasteiger partial charge >= 0.3 is 0 Å². The Labute approximate surface area is 187 Å². The third-order valence-electron chi connectivity index (χ3n) is 6.23. The number of carbonyl (C=O) groups is 1. The first-order valence-electron chi connectivity index (χ1n) is 10.9. The lowest BCUT2D eigenvalue weighted by Crippen LogP contribution is -2.27. The van der Waals surface area contributed by atoms with Crippen LogP contribution >= 0.6 is 0 Å². The summed E-state index contributed by atoms with van der Waals surface area (Å²) in [6.45, 7) is 9.89. The van der Waals surface area contributed by atoms with E-state index in [1.54, 1.807) is 6.20 Å². The van der Waals surface area contributed by atoms with Crippen molar-refractivity contribution < 1.29 is 4.79 Å². The Morgan fingerprint density at radius 3 is 2.38 bits per heavy atom. The van der Waals surface area contributed by atoms with Gasteiger partial charge in [0.05, 0.1) is 17.3 Å². The normalized spacial score (nSPS) is 12.2. The minimum Gasteiger partial charge on any atom is -0.335 e. The lowest BCUT2D eigenvalue weighted by Gasteiger charge is -2.21. The van der Waals surface area contributed by atoms with Crippen LogP contribution in [0.5, 0.6) is 0 Å². The molecule has 0 aliphatic rings. The number of nitrogens with one attached hydrogen (secondary N) is 1. The number of amides is 1. The number of aryl methyl sites for hydroxylation is 4. The van der Waals surface area contributed by atoms with Gasteiger partial charge in [-0.1, -0.05) is 31.2 Å². The molecule has 0 fully saturated rings. The summed E-state index contributed by atoms with van der Waals surface area (Å²) >= 11 is 0. The summed E-state index contributed by atoms with van der Waals surface area (Å²) in [7, 11) is 0. The quantitative estimate of drug-likeness (QED) is 0.486. The van der Waals surface area contributed by atoms with Gasteiger partial charge < -0.3 is 9.88 Å². The summed E-state index contributed by atoms with van der Waals surface area (Å²) in [4.78, 5) is 26.6. The monoisotopic (exact) mass is 428 g/mol. The smallest absolute Gasteiger partial charge is 0.281 e. The van der Waals surface area contributed by atoms with E-state index in [4.69, 9.17) is 0 Å². The molecule has 0 unspecified atom stereocenters. The predicted molar refractivity (Wildman–Crippen MR) is 129 cm³/mol. The summed E-state index contributed by atoms with van der Waals surface area (Å²) in [5.74, 6) is -0.0985. The standard InChI is InChI=1S/C26H28N4O2/c1-6-23(25(31)28-20-13-12-16(2)17(3)14-20)29-18(4)22-15-27-30(21-10-8-7-9-11-21)26(32)24(22)19(29)5/h7-15,23H,6H2,1-5H3,(H,28,31)/t23-/m1/s1. The van der Waals surface area contributed by atoms with Crippen LogP contribution in [0.1, 0.15) is 41.9 Å². The molecule has 0 saturated heterocycles. The third-order valence-corrected chi connectivity index (χ3v) is 6.23. The average molecular weight is 429 g/mol. The lowest BCUT2D eigenvalue weighted by atomic mass is 10.1. The van der Waals surface area contributed by atoms with Crippen LogP contribution in [0.2, 0.25) is 0 Å². The van der Waals surface area contributed by atoms with Crippen LogP contribution in [-0.4, -0.2) is 20.3 Å². The van der Waals surface area contributed by atoms with E-state index in [1.807, 2.05) is 87.7 Å². The van der Waals surface area contributed by atoms with Crippen molar-refractivity contribution in [3.05, 3.63) is 87.6 Å². The Morgan fingerprint density at radius 1 is 1.00 bits per heavy atom. The number of nitrogens with zero attached hydrogens (tertiary/aromatic N) is 3. The first kappa shape index (κ1) is 21.6. The van der Waals surface area contributed by atoms with E-state index >= 15 is 0 Å². The number of anilines is 1. The van der Waals surface area contributed by atoms with E-state index in [2.05, 4.69) is 10.4 Å². The number of hydrogen-bond donors (Lipinski definition) is 1. The van der Waals surface area contributed by atoms with Crippen LogP contribution in [0, 0.1) is 27.7 Å². The van der Waals surface area contributed by atoms with Gasteiger partial charge in [-0.05, 0) is 69.5 Å². The molecule has 6 nitrogen and oxygen atoms in total. The molecular weight excluding hydrogens is 400 g/mol. The zero-order valence-corrected chi connectivity index (χ0v) is 19.1. The second-order valence-corrected chi connectivity index (χ2v) is 8.24. The first-order valence-corrected chi connectivity index (χ1v) is 10.9. The molecule has 0 bridgehead atoms. The van der Waals surface area contributed by atoms with Gasteiger partial charge in [-0.25, -0.2) is 0 Å². The van der Waals surface area contributed by atoms with Crippen molar-refractivity contribution in [3.63, 3.8) is 0 Å². The zero-order valence-electron chi connectivity index (χ0n) is 19.1. The summed E-state index contributed by atoms with van der Waals surface area (Å²) in [5, 5.41) is 8.82. The highest BCUT2D eigenvalue weighted by molar-refractivity contribution is 5.95. The van der Waals surface area contributed by atoms with Gasteiger partial charge in [0.15, 0.2) is 0 Å². The number of fused-ring (bicyclic) bond motifs is 1. The Hall–Kier alpha value is -3.67. The molecule has 0 saturated carbocycles. The second-order valence-electron chi connectivity index (χ2n) is 8.24. The molecule has 0 spiro atoms. The Morgan fingerprint density at radius 2 is 1.72 bits per heavy atom. The van der Waals surface area contributed by atoms with Crippen LogP contribution < -0.4 is 10.9 Å². The topological polar surface area (TPSA) is 68.9 Å². The zero-order chi connectivity index (χ0) is 23.0. The molecule has 6 heteroatoms. The van der Waals surface area contributed by atoms with Gasteiger partial charge in [0.2, 0.25) is 5.91 Å². The highest BCUT2D eigenvalue weighted by Gasteiger charge is 2.26. The average Bonchev–Trinajstić information content (AvgIpc) is 3.03. The SMILES string of the molecule is CC[C@H](C(=O)Nc1ccc(C)c(C)c1)n1c(C)c2cnn(-c3ccccc3)c(=O)c2c1C. The van der Waals surface area contributed by atoms with E-state index in [0.29, 0.717) is 17.5 Å². The van der Waals surface area contributed by atoms with E-state index in [-0.39, 0.29) is 11.5 Å². The maximum Gasteiger partial charge on any atom is 0.281 e. The molecule has 0 aliphatic carbocycles. The Bertz CT molecular complexity index is 1370. The molecule has 4 rings (SSSR count). The van der Waals surface area contributed by atoms with Gasteiger partial charge in [-0.2, -0.15) is 9.78 Å². The van der Waals surface area contributed by atoms with E-state index in [9.17, 15) is 9.59 Å². The summed E-state index contributed by atoms with van der Waals surface area (Å²) in [6, 6.07) is 14.8. The van der Waals surface area contributed by atoms with E-state index in [0.717, 1.165) is 28.0 Å². The lowest BCUT2D eigenvalue weighted by molar-refractivity contribution is -0.119. The van der Waals surface area contributed by atoms with E-state index in [1.165, 1.54) is 10.2 Å². The third kappa shape index (κ3) is 3.62. The molecule has 1 atom stereocenters. The fourth-order valence-electron chi connectivity index (χ4n) is 4.33. The van der Waals surface area contributed by atoms with Gasteiger partial charge in [0, 0.05) is 22.5 Å². The van der Waals surface area contributed by atoms with Crippen molar-refractivity contribution in [2.45, 2.75) is 47.1 Å². The van der Waals surface area contributed by atoms with Crippen molar-refractivity contribution in [1.29, 1.82) is 0 Å². The molecule has 1 amide bonds. The fraction of sp³-hybridized carbons (Fsp3) is 0.269. The summed E-state index contributed by atoms with van der Waals surface area (Å²) in [6.07, 6.45) is 2.32. The molecule has 2 aromatic heterocycles. The van der Waals surface area contributed by atoms with Crippen molar-refractivity contribution in [2.24, 2.45) is 0 Å². The van der Waals surface area contributed by atoms with Crippen LogP contribution in [-0.2, 0) is 4.79 Å². The number of para-hydroxylation sites is 1. The van der Waals surface area contributed by atoms with Crippen LogP contribution in [0.25, 0.3) is 16.5 Å². The van der Waals surface area contributed by atoms with Crippen molar-refractivity contribution >= 4 is 22.4 Å². The number of aromatic nitrogens is 3. The van der Waals surface area contributed by atoms with Gasteiger partial charge in [-0.15, -0.1) is 0 Å². The molecule has 1 N–H and O–H groups in total. The Balaban J connectivity index is 1.78. The number of rotatable bonds is 5. The maximum absolute atomic E-state index is 13.3. The molecule has 0 aliphatic heterocycles. The van der Waals surface area contributed by atoms with Crippen molar-refractivity contribution in [1.82, 2.24) is 14.3 Å². The minimum absolute atomic E-state index is 0.0985. The molecule has 0 radical (unpaired) electrons. The maximum atomic E-state index is 13.3. The molecule has 2 heterocycles. The first-order chi connectivity index (χ1) is 15.3. The highest BCUT2D eigenvalue weighted by atomic mass is 16.2. The number of carbonyl (C=O) groups excluding carboxylic acids is 1. The minimum atomic E-state index is -0.436. The van der Waals surface area contributed by atoms with Crippen molar-refractivity contribution in [3.8, 4) is 5.69 Å². The molecule has 4 aromatic rings. The number of benzene rings is 2. The van der Waals surface area contributed by atoms with Crippen LogP contribution in [0.4, 0.5) is 5.69 Å². The largest absolute Gasteiger partial charge is 0.335 e. The number of hydrogen-bond acceptors (Lipinski definition) is 3. The van der Waals surface area contributed by atoms with E-state index < -0.39 is 6.04 Å². The second kappa shape index (κ2) is 8.46. The highest BCUT2D eigenvalue weighted by Crippen LogP contribution is 2.28. The van der Waals surface area contributed by atoms with Crippen LogP contribution in [0.3, 0.4) is 0 Å². The molecule has 32 heavy (non-hydrogen) atoms. The van der Waals surface area contributed by atoms with Gasteiger partial charge in [0.25, 0.3) is 5.56 Å². The molecular formula is C26H28N4O2.